The number of amides is 1. The lowest BCUT2D eigenvalue weighted by molar-refractivity contribution is -0.120. The van der Waals surface area contributed by atoms with Crippen LogP contribution in [-0.4, -0.2) is 12.5 Å². The van der Waals surface area contributed by atoms with Crippen LogP contribution in [0.2, 0.25) is 10.0 Å². The van der Waals surface area contributed by atoms with Crippen molar-refractivity contribution in [3.05, 3.63) is 63.6 Å². The number of halogens is 2. The largest absolute Gasteiger partial charge is 0.489 e. The average molecular weight is 363 g/mol. The lowest BCUT2D eigenvalue weighted by atomic mass is 10.1. The van der Waals surface area contributed by atoms with E-state index in [-0.39, 0.29) is 18.9 Å². The van der Waals surface area contributed by atoms with Gasteiger partial charge in [-0.15, -0.1) is 0 Å². The Labute approximate surface area is 151 Å². The van der Waals surface area contributed by atoms with Gasteiger partial charge in [0.1, 0.15) is 18.8 Å². The molecule has 0 radical (unpaired) electrons. The fraction of sp³-hybridized carbons (Fsp3) is 0.222. The molecule has 2 aromatic carbocycles. The van der Waals surface area contributed by atoms with Crippen molar-refractivity contribution >= 4 is 29.1 Å². The van der Waals surface area contributed by atoms with Gasteiger partial charge < -0.3 is 10.1 Å². The summed E-state index contributed by atoms with van der Waals surface area (Å²) >= 11 is 12.3. The van der Waals surface area contributed by atoms with Gasteiger partial charge in [0.2, 0.25) is 5.91 Å². The Bertz CT molecular complexity index is 737. The molecule has 0 bridgehead atoms. The molecule has 1 N–H and O–H groups in total. The van der Waals surface area contributed by atoms with Gasteiger partial charge in [0.05, 0.1) is 6.07 Å². The molecule has 124 valence electrons. The van der Waals surface area contributed by atoms with Gasteiger partial charge in [-0.3, -0.25) is 4.79 Å². The topological polar surface area (TPSA) is 62.1 Å². The van der Waals surface area contributed by atoms with Gasteiger partial charge in [0.25, 0.3) is 0 Å². The summed E-state index contributed by atoms with van der Waals surface area (Å²) in [4.78, 5) is 11.3. The van der Waals surface area contributed by atoms with E-state index in [0.29, 0.717) is 28.8 Å². The number of carbonyl (C=O) groups is 1. The minimum Gasteiger partial charge on any atom is -0.489 e. The van der Waals surface area contributed by atoms with E-state index < -0.39 is 0 Å². The van der Waals surface area contributed by atoms with Gasteiger partial charge >= 0.3 is 0 Å². The van der Waals surface area contributed by atoms with E-state index in [9.17, 15) is 4.79 Å². The summed E-state index contributed by atoms with van der Waals surface area (Å²) in [5, 5.41) is 12.3. The van der Waals surface area contributed by atoms with Crippen LogP contribution in [0.5, 0.6) is 5.75 Å². The highest BCUT2D eigenvalue weighted by molar-refractivity contribution is 6.35. The number of ether oxygens (including phenoxy) is 1. The quantitative estimate of drug-likeness (QED) is 0.804. The summed E-state index contributed by atoms with van der Waals surface area (Å²) in [7, 11) is 0. The van der Waals surface area contributed by atoms with Crippen LogP contribution in [0.3, 0.4) is 0 Å². The number of hydrogen-bond acceptors (Lipinski definition) is 3. The molecule has 0 atom stereocenters. The molecular weight excluding hydrogens is 347 g/mol. The Balaban J connectivity index is 1.99. The third kappa shape index (κ3) is 5.16. The summed E-state index contributed by atoms with van der Waals surface area (Å²) in [5.74, 6) is 0.432. The fourth-order valence-electron chi connectivity index (χ4n) is 2.14. The van der Waals surface area contributed by atoms with Crippen molar-refractivity contribution < 1.29 is 9.53 Å². The van der Waals surface area contributed by atoms with Crippen LogP contribution in [0.1, 0.15) is 17.5 Å². The van der Waals surface area contributed by atoms with Crippen LogP contribution in [-0.2, 0) is 17.8 Å². The van der Waals surface area contributed by atoms with E-state index in [2.05, 4.69) is 5.32 Å². The first-order valence-corrected chi connectivity index (χ1v) is 8.14. The molecule has 0 spiro atoms. The number of benzene rings is 2. The smallest absolute Gasteiger partial charge is 0.234 e. The van der Waals surface area contributed by atoms with Crippen molar-refractivity contribution in [1.82, 2.24) is 5.32 Å². The zero-order chi connectivity index (χ0) is 17.4. The van der Waals surface area contributed by atoms with E-state index in [0.717, 1.165) is 11.1 Å². The summed E-state index contributed by atoms with van der Waals surface area (Å²) in [6.45, 7) is 0.698. The third-order valence-corrected chi connectivity index (χ3v) is 4.07. The number of para-hydroxylation sites is 1. The summed E-state index contributed by atoms with van der Waals surface area (Å²) in [5.41, 5.74) is 1.69. The molecule has 0 aliphatic carbocycles. The van der Waals surface area contributed by atoms with E-state index in [4.69, 9.17) is 33.2 Å². The van der Waals surface area contributed by atoms with Crippen molar-refractivity contribution in [2.24, 2.45) is 0 Å². The molecule has 2 rings (SSSR count). The highest BCUT2D eigenvalue weighted by Crippen LogP contribution is 2.27. The fourth-order valence-corrected chi connectivity index (χ4v) is 2.65. The molecule has 0 saturated heterocycles. The van der Waals surface area contributed by atoms with Gasteiger partial charge in [0.15, 0.2) is 0 Å². The first-order valence-electron chi connectivity index (χ1n) is 7.39. The van der Waals surface area contributed by atoms with Gasteiger partial charge in [-0.05, 0) is 30.2 Å². The summed E-state index contributed by atoms with van der Waals surface area (Å²) < 4.78 is 5.86. The molecule has 24 heavy (non-hydrogen) atoms. The third-order valence-electron chi connectivity index (χ3n) is 3.36. The molecule has 0 aliphatic heterocycles. The number of hydrogen-bond donors (Lipinski definition) is 1. The van der Waals surface area contributed by atoms with Crippen LogP contribution in [0.4, 0.5) is 0 Å². The lowest BCUT2D eigenvalue weighted by Gasteiger charge is -2.13. The number of carbonyl (C=O) groups excluding carboxylic acids is 1. The average Bonchev–Trinajstić information content (AvgIpc) is 2.56. The molecular formula is C18H16Cl2N2O2. The maximum absolute atomic E-state index is 11.3. The normalized spacial score (nSPS) is 10.0. The second-order valence-electron chi connectivity index (χ2n) is 5.03. The van der Waals surface area contributed by atoms with Gasteiger partial charge in [-0.1, -0.05) is 47.5 Å². The van der Waals surface area contributed by atoms with E-state index in [1.54, 1.807) is 18.2 Å². The molecule has 1 amide bonds. The Morgan fingerprint density at radius 1 is 1.12 bits per heavy atom. The molecule has 0 heterocycles. The zero-order valence-corrected chi connectivity index (χ0v) is 14.4. The lowest BCUT2D eigenvalue weighted by Crippen LogP contribution is -2.25. The standard InChI is InChI=1S/C18H16Cl2N2O2/c19-15-5-3-6-16(20)14(15)12-24-17-7-2-1-4-13(17)9-11-22-18(23)8-10-21/h1-7H,8-9,11-12H2,(H,22,23). The number of nitriles is 1. The highest BCUT2D eigenvalue weighted by atomic mass is 35.5. The van der Waals surface area contributed by atoms with Crippen LogP contribution in [0.25, 0.3) is 0 Å². The van der Waals surface area contributed by atoms with Gasteiger partial charge in [0, 0.05) is 22.2 Å². The van der Waals surface area contributed by atoms with E-state index >= 15 is 0 Å². The predicted molar refractivity (Wildman–Crippen MR) is 94.2 cm³/mol. The van der Waals surface area contributed by atoms with Crippen molar-refractivity contribution in [2.75, 3.05) is 6.54 Å². The number of nitrogens with one attached hydrogen (secondary N) is 1. The molecule has 0 aromatic heterocycles. The number of rotatable bonds is 7. The van der Waals surface area contributed by atoms with Crippen LogP contribution < -0.4 is 10.1 Å². The van der Waals surface area contributed by atoms with Gasteiger partial charge in [-0.25, -0.2) is 0 Å². The van der Waals surface area contributed by atoms with Crippen molar-refractivity contribution in [2.45, 2.75) is 19.4 Å². The second kappa shape index (κ2) is 9.17. The first kappa shape index (κ1) is 18.1. The minimum atomic E-state index is -0.279. The Hall–Kier alpha value is -2.22. The minimum absolute atomic E-state index is 0.136. The van der Waals surface area contributed by atoms with Crippen molar-refractivity contribution in [3.63, 3.8) is 0 Å². The van der Waals surface area contributed by atoms with Crippen molar-refractivity contribution in [1.29, 1.82) is 5.26 Å². The zero-order valence-electron chi connectivity index (χ0n) is 12.9. The van der Waals surface area contributed by atoms with Crippen molar-refractivity contribution in [3.8, 4) is 11.8 Å². The van der Waals surface area contributed by atoms with E-state index in [1.807, 2.05) is 30.3 Å². The molecule has 6 heteroatoms. The van der Waals surface area contributed by atoms with E-state index in [1.165, 1.54) is 0 Å². The summed E-state index contributed by atoms with van der Waals surface area (Å²) in [6, 6.07) is 14.7. The maximum Gasteiger partial charge on any atom is 0.234 e. The van der Waals surface area contributed by atoms with Crippen LogP contribution in [0.15, 0.2) is 42.5 Å². The van der Waals surface area contributed by atoms with Gasteiger partial charge in [-0.2, -0.15) is 5.26 Å². The highest BCUT2D eigenvalue weighted by Gasteiger charge is 2.09. The first-order chi connectivity index (χ1) is 11.6. The molecule has 4 nitrogen and oxygen atoms in total. The monoisotopic (exact) mass is 362 g/mol. The Morgan fingerprint density at radius 3 is 2.54 bits per heavy atom. The Kier molecular flexibility index (Phi) is 6.92. The SMILES string of the molecule is N#CCC(=O)NCCc1ccccc1OCc1c(Cl)cccc1Cl. The molecule has 0 saturated carbocycles. The second-order valence-corrected chi connectivity index (χ2v) is 5.85. The maximum atomic E-state index is 11.3. The van der Waals surface area contributed by atoms with Crippen LogP contribution >= 0.6 is 23.2 Å². The Morgan fingerprint density at radius 2 is 1.83 bits per heavy atom. The summed E-state index contributed by atoms with van der Waals surface area (Å²) in [6.07, 6.45) is 0.465. The van der Waals surface area contributed by atoms with Crippen LogP contribution in [0, 0.1) is 11.3 Å². The molecule has 0 fully saturated rings. The number of nitrogens with zero attached hydrogens (tertiary/aromatic N) is 1. The molecule has 0 unspecified atom stereocenters. The molecule has 2 aromatic rings. The molecule has 0 aliphatic rings. The predicted octanol–water partition coefficient (Wildman–Crippen LogP) is 4.14.